The molecule has 0 heterocycles. The van der Waals surface area contributed by atoms with Gasteiger partial charge < -0.3 is 10.0 Å². The molecule has 0 saturated heterocycles. The molecule has 4 bridgehead atoms. The number of benzene rings is 1. The molecule has 136 valence electrons. The summed E-state index contributed by atoms with van der Waals surface area (Å²) in [6.07, 6.45) is 8.21. The van der Waals surface area contributed by atoms with Crippen molar-refractivity contribution in [3.8, 4) is 0 Å². The summed E-state index contributed by atoms with van der Waals surface area (Å²) in [6, 6.07) is 10.1. The summed E-state index contributed by atoms with van der Waals surface area (Å²) in [5.74, 6) is 1.82. The van der Waals surface area contributed by atoms with Gasteiger partial charge in [0, 0.05) is 23.8 Å². The van der Waals surface area contributed by atoms with E-state index in [1.54, 1.807) is 0 Å². The van der Waals surface area contributed by atoms with Crippen LogP contribution in [0.4, 0.5) is 0 Å². The molecule has 25 heavy (non-hydrogen) atoms. The molecule has 0 radical (unpaired) electrons. The molecule has 2 unspecified atom stereocenters. The van der Waals surface area contributed by atoms with Gasteiger partial charge in [-0.15, -0.1) is 0 Å². The number of carbonyl (C=O) groups excluding carboxylic acids is 1. The number of aliphatic hydroxyl groups excluding tert-OH is 1. The van der Waals surface area contributed by atoms with Crippen LogP contribution in [0.15, 0.2) is 30.3 Å². The van der Waals surface area contributed by atoms with Crippen LogP contribution in [-0.2, 0) is 11.3 Å². The number of nitrogens with zero attached hydrogens (tertiary/aromatic N) is 1. The van der Waals surface area contributed by atoms with Crippen molar-refractivity contribution in [3.05, 3.63) is 35.9 Å². The zero-order chi connectivity index (χ0) is 17.5. The quantitative estimate of drug-likeness (QED) is 0.722. The average Bonchev–Trinajstić information content (AvgIpc) is 2.52. The maximum absolute atomic E-state index is 13.1. The standard InChI is InChI=1S/C21H28BrNO2/c22-21-11-17-8-18(12-21)10-20(9-17,15-21)13-19(25)23(6-7-24)14-16-4-2-1-3-5-16/h1-5,17-18,24H,6-15H2. The van der Waals surface area contributed by atoms with Gasteiger partial charge in [-0.2, -0.15) is 0 Å². The Bertz CT molecular complexity index is 618. The zero-order valence-corrected chi connectivity index (χ0v) is 16.4. The van der Waals surface area contributed by atoms with E-state index in [2.05, 4.69) is 28.1 Å². The van der Waals surface area contributed by atoms with Gasteiger partial charge in [0.05, 0.1) is 6.61 Å². The Balaban J connectivity index is 1.48. The molecular weight excluding hydrogens is 378 g/mol. The summed E-state index contributed by atoms with van der Waals surface area (Å²) >= 11 is 4.04. The number of aliphatic hydroxyl groups is 1. The number of carbonyl (C=O) groups is 1. The van der Waals surface area contributed by atoms with E-state index in [1.165, 1.54) is 32.1 Å². The fourth-order valence-electron chi connectivity index (χ4n) is 6.19. The van der Waals surface area contributed by atoms with Crippen LogP contribution in [0.25, 0.3) is 0 Å². The van der Waals surface area contributed by atoms with Crippen molar-refractivity contribution in [1.29, 1.82) is 0 Å². The van der Waals surface area contributed by atoms with Gasteiger partial charge in [0.15, 0.2) is 0 Å². The minimum atomic E-state index is 0.0270. The second-order valence-corrected chi connectivity index (χ2v) is 10.5. The number of rotatable bonds is 6. The zero-order valence-electron chi connectivity index (χ0n) is 14.8. The molecule has 0 aromatic heterocycles. The molecule has 4 heteroatoms. The molecule has 4 fully saturated rings. The molecular formula is C21H28BrNO2. The second-order valence-electron chi connectivity index (χ2n) is 8.81. The first-order valence-electron chi connectivity index (χ1n) is 9.61. The Morgan fingerprint density at radius 2 is 1.84 bits per heavy atom. The van der Waals surface area contributed by atoms with Crippen LogP contribution in [0.5, 0.6) is 0 Å². The third-order valence-electron chi connectivity index (χ3n) is 6.58. The Hall–Kier alpha value is -0.870. The van der Waals surface area contributed by atoms with Crippen LogP contribution in [-0.4, -0.2) is 33.4 Å². The van der Waals surface area contributed by atoms with Crippen molar-refractivity contribution >= 4 is 21.8 Å². The van der Waals surface area contributed by atoms with E-state index in [4.69, 9.17) is 0 Å². The highest BCUT2D eigenvalue weighted by Gasteiger charge is 2.57. The predicted octanol–water partition coefficient (Wildman–Crippen LogP) is 4.13. The smallest absolute Gasteiger partial charge is 0.223 e. The largest absolute Gasteiger partial charge is 0.395 e. The number of alkyl halides is 1. The Morgan fingerprint density at radius 1 is 1.16 bits per heavy atom. The summed E-state index contributed by atoms with van der Waals surface area (Å²) < 4.78 is 0.290. The molecule has 2 atom stereocenters. The Kier molecular flexibility index (Phi) is 4.70. The van der Waals surface area contributed by atoms with Gasteiger partial charge in [-0.05, 0) is 61.3 Å². The predicted molar refractivity (Wildman–Crippen MR) is 102 cm³/mol. The molecule has 0 aliphatic heterocycles. The topological polar surface area (TPSA) is 40.5 Å². The van der Waals surface area contributed by atoms with Crippen LogP contribution in [0.1, 0.15) is 50.5 Å². The van der Waals surface area contributed by atoms with Crippen LogP contribution in [0.2, 0.25) is 0 Å². The minimum absolute atomic E-state index is 0.0270. The maximum Gasteiger partial charge on any atom is 0.223 e. The van der Waals surface area contributed by atoms with Gasteiger partial charge in [0.1, 0.15) is 0 Å². The van der Waals surface area contributed by atoms with Crippen molar-refractivity contribution in [1.82, 2.24) is 4.90 Å². The van der Waals surface area contributed by atoms with Crippen molar-refractivity contribution in [2.24, 2.45) is 17.3 Å². The van der Waals surface area contributed by atoms with E-state index in [-0.39, 0.29) is 17.9 Å². The first-order chi connectivity index (χ1) is 12.0. The van der Waals surface area contributed by atoms with E-state index >= 15 is 0 Å². The molecule has 1 amide bonds. The summed E-state index contributed by atoms with van der Waals surface area (Å²) in [7, 11) is 0. The monoisotopic (exact) mass is 405 g/mol. The lowest BCUT2D eigenvalue weighted by Gasteiger charge is -2.60. The van der Waals surface area contributed by atoms with E-state index in [9.17, 15) is 9.90 Å². The van der Waals surface area contributed by atoms with Gasteiger partial charge in [-0.3, -0.25) is 4.79 Å². The molecule has 4 aliphatic carbocycles. The lowest BCUT2D eigenvalue weighted by atomic mass is 9.48. The number of hydrogen-bond acceptors (Lipinski definition) is 2. The Morgan fingerprint density at radius 3 is 2.44 bits per heavy atom. The minimum Gasteiger partial charge on any atom is -0.395 e. The van der Waals surface area contributed by atoms with Crippen LogP contribution < -0.4 is 0 Å². The number of hydrogen-bond donors (Lipinski definition) is 1. The highest BCUT2D eigenvalue weighted by molar-refractivity contribution is 9.10. The van der Waals surface area contributed by atoms with Gasteiger partial charge in [0.25, 0.3) is 0 Å². The first kappa shape index (κ1) is 17.5. The SMILES string of the molecule is O=C(CC12CC3CC(CC(Br)(C3)C1)C2)N(CCO)Cc1ccccc1. The van der Waals surface area contributed by atoms with Crippen LogP contribution >= 0.6 is 15.9 Å². The highest BCUT2D eigenvalue weighted by Crippen LogP contribution is 2.65. The fraction of sp³-hybridized carbons (Fsp3) is 0.667. The molecule has 4 saturated carbocycles. The van der Waals surface area contributed by atoms with Crippen LogP contribution in [0, 0.1) is 17.3 Å². The molecule has 1 N–H and O–H groups in total. The van der Waals surface area contributed by atoms with Crippen LogP contribution in [0.3, 0.4) is 0 Å². The molecule has 5 rings (SSSR count). The second kappa shape index (κ2) is 6.70. The summed E-state index contributed by atoms with van der Waals surface area (Å²) in [5.41, 5.74) is 1.32. The summed E-state index contributed by atoms with van der Waals surface area (Å²) in [4.78, 5) is 15.0. The maximum atomic E-state index is 13.1. The average molecular weight is 406 g/mol. The Labute approximate surface area is 158 Å². The van der Waals surface area contributed by atoms with Crippen molar-refractivity contribution in [2.45, 2.75) is 55.8 Å². The lowest BCUT2D eigenvalue weighted by Crippen LogP contribution is -2.54. The molecule has 4 aliphatic rings. The highest BCUT2D eigenvalue weighted by atomic mass is 79.9. The molecule has 0 spiro atoms. The third kappa shape index (κ3) is 3.66. The first-order valence-corrected chi connectivity index (χ1v) is 10.4. The number of halogens is 1. The molecule has 3 nitrogen and oxygen atoms in total. The molecule has 1 aromatic carbocycles. The summed E-state index contributed by atoms with van der Waals surface area (Å²) in [6.45, 7) is 1.05. The van der Waals surface area contributed by atoms with E-state index in [1.807, 2.05) is 23.1 Å². The van der Waals surface area contributed by atoms with Gasteiger partial charge in [0.2, 0.25) is 5.91 Å². The third-order valence-corrected chi connectivity index (χ3v) is 7.50. The normalized spacial score (nSPS) is 35.8. The lowest BCUT2D eigenvalue weighted by molar-refractivity contribution is -0.139. The molecule has 1 aromatic rings. The van der Waals surface area contributed by atoms with Gasteiger partial charge >= 0.3 is 0 Å². The van der Waals surface area contributed by atoms with Crippen molar-refractivity contribution < 1.29 is 9.90 Å². The summed E-state index contributed by atoms with van der Waals surface area (Å²) in [5, 5.41) is 9.43. The van der Waals surface area contributed by atoms with Crippen molar-refractivity contribution in [3.63, 3.8) is 0 Å². The fourth-order valence-corrected chi connectivity index (χ4v) is 7.70. The van der Waals surface area contributed by atoms with Gasteiger partial charge in [-0.25, -0.2) is 0 Å². The van der Waals surface area contributed by atoms with E-state index in [0.29, 0.717) is 23.8 Å². The van der Waals surface area contributed by atoms with Gasteiger partial charge in [-0.1, -0.05) is 46.3 Å². The number of amides is 1. The van der Waals surface area contributed by atoms with E-state index in [0.717, 1.165) is 23.8 Å². The van der Waals surface area contributed by atoms with Crippen molar-refractivity contribution in [2.75, 3.05) is 13.2 Å². The van der Waals surface area contributed by atoms with E-state index < -0.39 is 0 Å².